The first-order valence-corrected chi connectivity index (χ1v) is 9.87. The summed E-state index contributed by atoms with van der Waals surface area (Å²) in [7, 11) is 0. The first-order chi connectivity index (χ1) is 12.2. The van der Waals surface area contributed by atoms with Crippen LogP contribution in [0.4, 0.5) is 16.5 Å². The molecule has 0 unspecified atom stereocenters. The van der Waals surface area contributed by atoms with Gasteiger partial charge in [0.2, 0.25) is 16.9 Å². The smallest absolute Gasteiger partial charge is 0.244 e. The van der Waals surface area contributed by atoms with Gasteiger partial charge in [0.15, 0.2) is 4.34 Å². The van der Waals surface area contributed by atoms with Crippen molar-refractivity contribution in [2.24, 2.45) is 0 Å². The highest BCUT2D eigenvalue weighted by atomic mass is 32.2. The van der Waals surface area contributed by atoms with E-state index in [1.165, 1.54) is 28.0 Å². The van der Waals surface area contributed by atoms with Gasteiger partial charge in [-0.05, 0) is 18.6 Å². The molecule has 132 valence electrons. The summed E-state index contributed by atoms with van der Waals surface area (Å²) in [5, 5.41) is 14.9. The van der Waals surface area contributed by atoms with Crippen LogP contribution >= 0.6 is 23.1 Å². The Kier molecular flexibility index (Phi) is 5.87. The van der Waals surface area contributed by atoms with Crippen molar-refractivity contribution in [2.45, 2.75) is 24.1 Å². The molecule has 2 aromatic rings. The van der Waals surface area contributed by atoms with Gasteiger partial charge >= 0.3 is 0 Å². The number of anilines is 3. The maximum absolute atomic E-state index is 12.6. The number of amides is 2. The molecular weight excluding hydrogens is 358 g/mol. The molecule has 0 spiro atoms. The molecule has 25 heavy (non-hydrogen) atoms. The average molecular weight is 377 g/mol. The normalized spacial score (nSPS) is 13.3. The molecule has 0 fully saturated rings. The Hall–Kier alpha value is -2.13. The summed E-state index contributed by atoms with van der Waals surface area (Å²) in [4.78, 5) is 25.9. The van der Waals surface area contributed by atoms with E-state index < -0.39 is 0 Å². The van der Waals surface area contributed by atoms with Crippen LogP contribution in [0.25, 0.3) is 0 Å². The molecule has 0 aliphatic carbocycles. The van der Waals surface area contributed by atoms with Crippen LogP contribution in [-0.4, -0.2) is 40.9 Å². The average Bonchev–Trinajstić information content (AvgIpc) is 3.07. The number of nitrogens with zero attached hydrogens (tertiary/aromatic N) is 3. The summed E-state index contributed by atoms with van der Waals surface area (Å²) in [6.07, 6.45) is 2.20. The second kappa shape index (κ2) is 8.30. The molecule has 0 saturated heterocycles. The predicted octanol–water partition coefficient (Wildman–Crippen LogP) is 2.83. The summed E-state index contributed by atoms with van der Waals surface area (Å²) in [6, 6.07) is 7.30. The van der Waals surface area contributed by atoms with Gasteiger partial charge in [-0.15, -0.1) is 10.2 Å². The van der Waals surface area contributed by atoms with Crippen LogP contribution < -0.4 is 15.5 Å². The number of nitrogens with one attached hydrogen (secondary N) is 2. The van der Waals surface area contributed by atoms with Crippen molar-refractivity contribution in [3.8, 4) is 0 Å². The van der Waals surface area contributed by atoms with Crippen molar-refractivity contribution in [2.75, 3.05) is 34.4 Å². The highest BCUT2D eigenvalue weighted by Gasteiger charge is 2.26. The Balaban J connectivity index is 1.59. The van der Waals surface area contributed by atoms with Crippen LogP contribution in [0.15, 0.2) is 28.6 Å². The SMILES string of the molecule is CCCCNc1nnc(SCC(=O)N2CC(=O)Nc3ccccc32)s1. The van der Waals surface area contributed by atoms with Crippen molar-refractivity contribution >= 4 is 51.4 Å². The van der Waals surface area contributed by atoms with E-state index in [1.54, 1.807) is 6.07 Å². The second-order valence-electron chi connectivity index (χ2n) is 5.49. The molecule has 1 aromatic carbocycles. The van der Waals surface area contributed by atoms with Crippen molar-refractivity contribution in [1.82, 2.24) is 10.2 Å². The monoisotopic (exact) mass is 377 g/mol. The predicted molar refractivity (Wildman–Crippen MR) is 101 cm³/mol. The minimum Gasteiger partial charge on any atom is -0.360 e. The van der Waals surface area contributed by atoms with Crippen molar-refractivity contribution in [1.29, 1.82) is 0 Å². The standard InChI is InChI=1S/C16H19N5O2S2/c1-2-3-8-17-15-19-20-16(25-15)24-10-14(23)21-9-13(22)18-11-6-4-5-7-12(11)21/h4-7H,2-3,8-10H2,1H3,(H,17,19)(H,18,22). The molecule has 0 atom stereocenters. The van der Waals surface area contributed by atoms with Crippen molar-refractivity contribution in [3.63, 3.8) is 0 Å². The third-order valence-corrected chi connectivity index (χ3v) is 5.60. The fraction of sp³-hybridized carbons (Fsp3) is 0.375. The summed E-state index contributed by atoms with van der Waals surface area (Å²) in [6.45, 7) is 3.04. The quantitative estimate of drug-likeness (QED) is 0.570. The molecule has 2 heterocycles. The lowest BCUT2D eigenvalue weighted by Gasteiger charge is -2.28. The Morgan fingerprint density at radius 2 is 2.24 bits per heavy atom. The zero-order chi connectivity index (χ0) is 17.6. The molecular formula is C16H19N5O2S2. The van der Waals surface area contributed by atoms with E-state index >= 15 is 0 Å². The largest absolute Gasteiger partial charge is 0.360 e. The van der Waals surface area contributed by atoms with Crippen LogP contribution in [0, 0.1) is 0 Å². The maximum Gasteiger partial charge on any atom is 0.244 e. The van der Waals surface area contributed by atoms with Gasteiger partial charge in [-0.1, -0.05) is 48.6 Å². The van der Waals surface area contributed by atoms with Gasteiger partial charge in [-0.2, -0.15) is 0 Å². The number of para-hydroxylation sites is 2. The summed E-state index contributed by atoms with van der Waals surface area (Å²) in [5.74, 6) is -0.0936. The van der Waals surface area contributed by atoms with Crippen molar-refractivity contribution < 1.29 is 9.59 Å². The number of aromatic nitrogens is 2. The topological polar surface area (TPSA) is 87.2 Å². The van der Waals surface area contributed by atoms with E-state index in [9.17, 15) is 9.59 Å². The van der Waals surface area contributed by atoms with E-state index in [2.05, 4.69) is 27.8 Å². The van der Waals surface area contributed by atoms with Gasteiger partial charge in [0.1, 0.15) is 6.54 Å². The van der Waals surface area contributed by atoms with Gasteiger partial charge in [0, 0.05) is 6.54 Å². The number of thioether (sulfide) groups is 1. The number of carbonyl (C=O) groups excluding carboxylic acids is 2. The van der Waals surface area contributed by atoms with Gasteiger partial charge < -0.3 is 15.5 Å². The lowest BCUT2D eigenvalue weighted by molar-refractivity contribution is -0.120. The van der Waals surface area contributed by atoms with Crippen LogP contribution in [-0.2, 0) is 9.59 Å². The number of unbranched alkanes of at least 4 members (excludes halogenated alkanes) is 1. The van der Waals surface area contributed by atoms with Crippen LogP contribution in [0.3, 0.4) is 0 Å². The molecule has 1 aliphatic heterocycles. The molecule has 2 amide bonds. The first-order valence-electron chi connectivity index (χ1n) is 8.07. The molecule has 3 rings (SSSR count). The number of fused-ring (bicyclic) bond motifs is 1. The molecule has 0 radical (unpaired) electrons. The van der Waals surface area contributed by atoms with Gasteiger partial charge in [0.05, 0.1) is 17.1 Å². The van der Waals surface area contributed by atoms with Crippen LogP contribution in [0.5, 0.6) is 0 Å². The van der Waals surface area contributed by atoms with E-state index in [0.29, 0.717) is 5.69 Å². The van der Waals surface area contributed by atoms with E-state index in [0.717, 1.165) is 34.5 Å². The van der Waals surface area contributed by atoms with E-state index in [4.69, 9.17) is 0 Å². The Bertz CT molecular complexity index is 764. The summed E-state index contributed by atoms with van der Waals surface area (Å²) in [5.41, 5.74) is 1.39. The van der Waals surface area contributed by atoms with Gasteiger partial charge in [0.25, 0.3) is 0 Å². The zero-order valence-electron chi connectivity index (χ0n) is 13.8. The van der Waals surface area contributed by atoms with Crippen molar-refractivity contribution in [3.05, 3.63) is 24.3 Å². The Morgan fingerprint density at radius 3 is 3.08 bits per heavy atom. The van der Waals surface area contributed by atoms with E-state index in [1.807, 2.05) is 18.2 Å². The number of rotatable bonds is 7. The molecule has 1 aliphatic rings. The second-order valence-corrected chi connectivity index (χ2v) is 7.69. The summed E-state index contributed by atoms with van der Waals surface area (Å²) >= 11 is 2.78. The third kappa shape index (κ3) is 4.49. The maximum atomic E-state index is 12.6. The first kappa shape index (κ1) is 17.7. The number of benzene rings is 1. The minimum absolute atomic E-state index is 0.0380. The molecule has 2 N–H and O–H groups in total. The Morgan fingerprint density at radius 1 is 1.40 bits per heavy atom. The highest BCUT2D eigenvalue weighted by molar-refractivity contribution is 8.01. The zero-order valence-corrected chi connectivity index (χ0v) is 15.5. The lowest BCUT2D eigenvalue weighted by Crippen LogP contribution is -2.43. The van der Waals surface area contributed by atoms with Gasteiger partial charge in [-0.25, -0.2) is 0 Å². The fourth-order valence-corrected chi connectivity index (χ4v) is 4.02. The fourth-order valence-electron chi connectivity index (χ4n) is 2.37. The molecule has 9 heteroatoms. The molecule has 0 bridgehead atoms. The van der Waals surface area contributed by atoms with E-state index in [-0.39, 0.29) is 24.1 Å². The number of hydrogen-bond donors (Lipinski definition) is 2. The van der Waals surface area contributed by atoms with Gasteiger partial charge in [-0.3, -0.25) is 9.59 Å². The summed E-state index contributed by atoms with van der Waals surface area (Å²) < 4.78 is 0.738. The molecule has 1 aromatic heterocycles. The number of hydrogen-bond acceptors (Lipinski definition) is 7. The lowest BCUT2D eigenvalue weighted by atomic mass is 10.2. The molecule has 0 saturated carbocycles. The van der Waals surface area contributed by atoms with Crippen LogP contribution in [0.2, 0.25) is 0 Å². The van der Waals surface area contributed by atoms with Crippen LogP contribution in [0.1, 0.15) is 19.8 Å². The minimum atomic E-state index is -0.185. The third-order valence-electron chi connectivity index (χ3n) is 3.60. The highest BCUT2D eigenvalue weighted by Crippen LogP contribution is 2.31. The Labute approximate surface area is 154 Å². The number of carbonyl (C=O) groups is 2. The molecule has 7 nitrogen and oxygen atoms in total.